The lowest BCUT2D eigenvalue weighted by atomic mass is 10.0. The zero-order valence-electron chi connectivity index (χ0n) is 15.2. The molecule has 2 heterocycles. The highest BCUT2D eigenvalue weighted by atomic mass is 16.5. The first kappa shape index (κ1) is 17.1. The zero-order valence-corrected chi connectivity index (χ0v) is 15.2. The fourth-order valence-corrected chi connectivity index (χ4v) is 3.58. The number of carbonyl (C=O) groups is 1. The van der Waals surface area contributed by atoms with Gasteiger partial charge in [-0.25, -0.2) is 9.48 Å². The van der Waals surface area contributed by atoms with E-state index in [1.54, 1.807) is 18.0 Å². The van der Waals surface area contributed by atoms with E-state index < -0.39 is 0 Å². The van der Waals surface area contributed by atoms with Gasteiger partial charge in [-0.15, -0.1) is 0 Å². The van der Waals surface area contributed by atoms with Gasteiger partial charge in [-0.2, -0.15) is 5.10 Å². The fraction of sp³-hybridized carbons (Fsp3) is 0.238. The molecule has 27 heavy (non-hydrogen) atoms. The van der Waals surface area contributed by atoms with E-state index in [1.165, 1.54) is 0 Å². The molecule has 2 aromatic carbocycles. The molecule has 0 spiro atoms. The normalized spacial score (nSPS) is 16.3. The highest BCUT2D eigenvalue weighted by Gasteiger charge is 2.30. The first-order valence-electron chi connectivity index (χ1n) is 9.07. The van der Waals surface area contributed by atoms with Crippen molar-refractivity contribution in [3.63, 3.8) is 0 Å². The van der Waals surface area contributed by atoms with Crippen LogP contribution >= 0.6 is 0 Å². The predicted octanol–water partition coefficient (Wildman–Crippen LogP) is 4.25. The molecule has 138 valence electrons. The van der Waals surface area contributed by atoms with Gasteiger partial charge in [0.15, 0.2) is 0 Å². The van der Waals surface area contributed by atoms with Gasteiger partial charge >= 0.3 is 6.03 Å². The summed E-state index contributed by atoms with van der Waals surface area (Å²) >= 11 is 0. The van der Waals surface area contributed by atoms with Crippen LogP contribution in [0, 0.1) is 0 Å². The Morgan fingerprint density at radius 2 is 2.07 bits per heavy atom. The molecule has 0 radical (unpaired) electrons. The Bertz CT molecular complexity index is 923. The number of urea groups is 1. The van der Waals surface area contributed by atoms with Crippen LogP contribution in [-0.2, 0) is 0 Å². The number of amides is 2. The van der Waals surface area contributed by atoms with E-state index in [0.717, 1.165) is 42.1 Å². The average Bonchev–Trinajstić information content (AvgIpc) is 3.40. The number of anilines is 1. The molecular weight excluding hydrogens is 340 g/mol. The molecule has 1 aromatic heterocycles. The van der Waals surface area contributed by atoms with Gasteiger partial charge in [0.1, 0.15) is 5.75 Å². The van der Waals surface area contributed by atoms with Crippen molar-refractivity contribution < 1.29 is 9.53 Å². The number of hydrogen-bond acceptors (Lipinski definition) is 3. The maximum absolute atomic E-state index is 13.0. The van der Waals surface area contributed by atoms with E-state index in [4.69, 9.17) is 4.74 Å². The number of nitrogens with one attached hydrogen (secondary N) is 1. The van der Waals surface area contributed by atoms with Crippen LogP contribution in [0.3, 0.4) is 0 Å². The molecule has 1 N–H and O–H groups in total. The molecule has 0 bridgehead atoms. The van der Waals surface area contributed by atoms with Crippen molar-refractivity contribution in [2.24, 2.45) is 0 Å². The van der Waals surface area contributed by atoms with Crippen molar-refractivity contribution in [1.29, 1.82) is 0 Å². The Hall–Kier alpha value is -3.28. The Kier molecular flexibility index (Phi) is 4.78. The average molecular weight is 362 g/mol. The second kappa shape index (κ2) is 7.53. The Morgan fingerprint density at radius 3 is 2.89 bits per heavy atom. The van der Waals surface area contributed by atoms with Gasteiger partial charge in [0.2, 0.25) is 0 Å². The SMILES string of the molecule is COc1cccc(C2CCCN2C(=O)Nc2ccccc2-n2cccn2)c1. The minimum absolute atomic E-state index is 0.0527. The summed E-state index contributed by atoms with van der Waals surface area (Å²) in [5.74, 6) is 0.809. The minimum atomic E-state index is -0.0973. The topological polar surface area (TPSA) is 59.4 Å². The number of methoxy groups -OCH3 is 1. The molecular formula is C21H22N4O2. The molecule has 6 heteroatoms. The maximum Gasteiger partial charge on any atom is 0.322 e. The number of para-hydroxylation sites is 2. The van der Waals surface area contributed by atoms with Crippen molar-refractivity contribution in [1.82, 2.24) is 14.7 Å². The fourth-order valence-electron chi connectivity index (χ4n) is 3.58. The standard InChI is InChI=1S/C21H22N4O2/c1-27-17-8-4-7-16(15-17)19-11-5-13-24(19)21(26)23-18-9-2-3-10-20(18)25-14-6-12-22-25/h2-4,6-10,12,14-15,19H,5,11,13H2,1H3,(H,23,26). The molecule has 0 saturated carbocycles. The summed E-state index contributed by atoms with van der Waals surface area (Å²) in [7, 11) is 1.66. The highest BCUT2D eigenvalue weighted by Crippen LogP contribution is 2.34. The number of likely N-dealkylation sites (tertiary alicyclic amines) is 1. The van der Waals surface area contributed by atoms with Crippen LogP contribution in [0.25, 0.3) is 5.69 Å². The van der Waals surface area contributed by atoms with Gasteiger partial charge in [0.05, 0.1) is 24.5 Å². The highest BCUT2D eigenvalue weighted by molar-refractivity contribution is 5.92. The molecule has 0 aliphatic carbocycles. The summed E-state index contributed by atoms with van der Waals surface area (Å²) in [5.41, 5.74) is 2.68. The summed E-state index contributed by atoms with van der Waals surface area (Å²) in [4.78, 5) is 14.9. The van der Waals surface area contributed by atoms with Crippen molar-refractivity contribution in [2.75, 3.05) is 19.0 Å². The van der Waals surface area contributed by atoms with Crippen LogP contribution in [0.5, 0.6) is 5.75 Å². The van der Waals surface area contributed by atoms with E-state index in [-0.39, 0.29) is 12.1 Å². The van der Waals surface area contributed by atoms with Crippen LogP contribution in [0.15, 0.2) is 67.0 Å². The lowest BCUT2D eigenvalue weighted by molar-refractivity contribution is 0.207. The third-order valence-corrected chi connectivity index (χ3v) is 4.89. The second-order valence-electron chi connectivity index (χ2n) is 6.53. The number of benzene rings is 2. The molecule has 3 aromatic rings. The molecule has 1 aliphatic heterocycles. The van der Waals surface area contributed by atoms with Crippen molar-refractivity contribution >= 4 is 11.7 Å². The second-order valence-corrected chi connectivity index (χ2v) is 6.53. The molecule has 6 nitrogen and oxygen atoms in total. The van der Waals surface area contributed by atoms with Crippen molar-refractivity contribution in [3.05, 3.63) is 72.6 Å². The largest absolute Gasteiger partial charge is 0.497 e. The summed E-state index contributed by atoms with van der Waals surface area (Å²) in [6.45, 7) is 0.734. The summed E-state index contributed by atoms with van der Waals surface area (Å²) < 4.78 is 7.08. The minimum Gasteiger partial charge on any atom is -0.497 e. The summed E-state index contributed by atoms with van der Waals surface area (Å²) in [5, 5.41) is 7.34. The third-order valence-electron chi connectivity index (χ3n) is 4.89. The van der Waals surface area contributed by atoms with Gasteiger partial charge in [-0.05, 0) is 48.7 Å². The van der Waals surface area contributed by atoms with Crippen LogP contribution in [-0.4, -0.2) is 34.4 Å². The molecule has 1 saturated heterocycles. The molecule has 1 aliphatic rings. The van der Waals surface area contributed by atoms with E-state index in [2.05, 4.69) is 16.5 Å². The van der Waals surface area contributed by atoms with Crippen LogP contribution in [0.1, 0.15) is 24.4 Å². The smallest absolute Gasteiger partial charge is 0.322 e. The van der Waals surface area contributed by atoms with Gasteiger partial charge in [-0.1, -0.05) is 24.3 Å². The zero-order chi connectivity index (χ0) is 18.6. The molecule has 1 atom stereocenters. The summed E-state index contributed by atoms with van der Waals surface area (Å²) in [6.07, 6.45) is 5.51. The number of rotatable bonds is 4. The molecule has 1 fully saturated rings. The molecule has 1 unspecified atom stereocenters. The summed E-state index contributed by atoms with van der Waals surface area (Å²) in [6, 6.07) is 17.4. The number of aromatic nitrogens is 2. The quantitative estimate of drug-likeness (QED) is 0.755. The molecule has 2 amide bonds. The number of carbonyl (C=O) groups excluding carboxylic acids is 1. The Balaban J connectivity index is 1.56. The van der Waals surface area contributed by atoms with Crippen molar-refractivity contribution in [2.45, 2.75) is 18.9 Å². The monoisotopic (exact) mass is 362 g/mol. The van der Waals surface area contributed by atoms with Crippen LogP contribution in [0.2, 0.25) is 0 Å². The predicted molar refractivity (Wildman–Crippen MR) is 104 cm³/mol. The number of ether oxygens (including phenoxy) is 1. The van der Waals surface area contributed by atoms with E-state index >= 15 is 0 Å². The van der Waals surface area contributed by atoms with Crippen LogP contribution in [0.4, 0.5) is 10.5 Å². The van der Waals surface area contributed by atoms with Crippen LogP contribution < -0.4 is 10.1 Å². The lowest BCUT2D eigenvalue weighted by Gasteiger charge is -2.26. The van der Waals surface area contributed by atoms with Gasteiger partial charge < -0.3 is 15.0 Å². The first-order chi connectivity index (χ1) is 13.3. The van der Waals surface area contributed by atoms with E-state index in [1.807, 2.05) is 59.6 Å². The maximum atomic E-state index is 13.0. The Morgan fingerprint density at radius 1 is 1.19 bits per heavy atom. The van der Waals surface area contributed by atoms with Gasteiger partial charge in [-0.3, -0.25) is 0 Å². The lowest BCUT2D eigenvalue weighted by Crippen LogP contribution is -2.34. The van der Waals surface area contributed by atoms with Gasteiger partial charge in [0.25, 0.3) is 0 Å². The van der Waals surface area contributed by atoms with Crippen molar-refractivity contribution in [3.8, 4) is 11.4 Å². The number of nitrogens with zero attached hydrogens (tertiary/aromatic N) is 3. The first-order valence-corrected chi connectivity index (χ1v) is 9.07. The van der Waals surface area contributed by atoms with E-state index in [9.17, 15) is 4.79 Å². The Labute approximate surface area is 158 Å². The molecule has 4 rings (SSSR count). The van der Waals surface area contributed by atoms with Gasteiger partial charge in [0, 0.05) is 18.9 Å². The number of hydrogen-bond donors (Lipinski definition) is 1. The van der Waals surface area contributed by atoms with E-state index in [0.29, 0.717) is 0 Å². The third kappa shape index (κ3) is 3.51.